The number of allylic oxidation sites excluding steroid dienone is 1. The standard InChI is InChI=1S/C21H15NO/c23-13-15-12-16-10-11-19-17-8-4-5-9-18(17)21(22(16)19)20(15)14-6-2-1-3-7-14/h1-13,20-21H/t20-,21+/m1/s1. The highest BCUT2D eigenvalue weighted by atomic mass is 16.1. The van der Waals surface area contributed by atoms with Crippen molar-refractivity contribution in [3.05, 3.63) is 89.1 Å². The first-order valence-electron chi connectivity index (χ1n) is 7.91. The van der Waals surface area contributed by atoms with Crippen LogP contribution in [0.15, 0.2) is 72.3 Å². The van der Waals surface area contributed by atoms with E-state index in [0.717, 1.165) is 17.6 Å². The first-order valence-corrected chi connectivity index (χ1v) is 7.91. The summed E-state index contributed by atoms with van der Waals surface area (Å²) in [4.78, 5) is 11.8. The average molecular weight is 297 g/mol. The lowest BCUT2D eigenvalue weighted by molar-refractivity contribution is -0.105. The summed E-state index contributed by atoms with van der Waals surface area (Å²) in [6.07, 6.45) is 3.06. The van der Waals surface area contributed by atoms with Crippen LogP contribution in [0.4, 0.5) is 0 Å². The maximum Gasteiger partial charge on any atom is 0.146 e. The number of fused-ring (bicyclic) bond motifs is 3. The summed E-state index contributed by atoms with van der Waals surface area (Å²) in [5.41, 5.74) is 7.02. The minimum absolute atomic E-state index is 0.0657. The lowest BCUT2D eigenvalue weighted by atomic mass is 9.80. The van der Waals surface area contributed by atoms with Crippen LogP contribution in [-0.4, -0.2) is 10.9 Å². The number of benzene rings is 2. The van der Waals surface area contributed by atoms with E-state index in [1.54, 1.807) is 0 Å². The zero-order valence-corrected chi connectivity index (χ0v) is 12.5. The van der Waals surface area contributed by atoms with E-state index < -0.39 is 0 Å². The van der Waals surface area contributed by atoms with Gasteiger partial charge < -0.3 is 4.57 Å². The van der Waals surface area contributed by atoms with E-state index in [1.165, 1.54) is 22.4 Å². The highest BCUT2D eigenvalue weighted by Gasteiger charge is 2.40. The summed E-state index contributed by atoms with van der Waals surface area (Å²) in [6, 6.07) is 23.4. The highest BCUT2D eigenvalue weighted by molar-refractivity contribution is 5.88. The Balaban J connectivity index is 1.82. The zero-order valence-electron chi connectivity index (χ0n) is 12.5. The minimum atomic E-state index is 0.0657. The quantitative estimate of drug-likeness (QED) is 0.641. The van der Waals surface area contributed by atoms with Crippen molar-refractivity contribution in [2.45, 2.75) is 12.0 Å². The first-order chi connectivity index (χ1) is 11.4. The molecule has 0 spiro atoms. The molecular formula is C21H15NO. The van der Waals surface area contributed by atoms with Gasteiger partial charge in [-0.3, -0.25) is 4.79 Å². The third-order valence-corrected chi connectivity index (χ3v) is 5.07. The Morgan fingerprint density at radius 2 is 1.65 bits per heavy atom. The third-order valence-electron chi connectivity index (χ3n) is 5.07. The Morgan fingerprint density at radius 3 is 2.48 bits per heavy atom. The molecule has 2 aliphatic heterocycles. The number of carbonyl (C=O) groups is 1. The van der Waals surface area contributed by atoms with E-state index in [0.29, 0.717) is 0 Å². The van der Waals surface area contributed by atoms with E-state index in [9.17, 15) is 4.79 Å². The third kappa shape index (κ3) is 1.61. The topological polar surface area (TPSA) is 22.0 Å². The smallest absolute Gasteiger partial charge is 0.146 e. The molecule has 2 nitrogen and oxygen atoms in total. The van der Waals surface area contributed by atoms with Crippen LogP contribution in [0, 0.1) is 0 Å². The van der Waals surface area contributed by atoms with Gasteiger partial charge in [-0.05, 0) is 29.3 Å². The van der Waals surface area contributed by atoms with Gasteiger partial charge >= 0.3 is 0 Å². The summed E-state index contributed by atoms with van der Waals surface area (Å²) in [5.74, 6) is 0.0657. The number of aldehydes is 1. The molecule has 0 N–H and O–H groups in total. The van der Waals surface area contributed by atoms with Gasteiger partial charge in [0.15, 0.2) is 0 Å². The van der Waals surface area contributed by atoms with Crippen LogP contribution in [0.25, 0.3) is 17.3 Å². The van der Waals surface area contributed by atoms with Gasteiger partial charge in [-0.2, -0.15) is 0 Å². The molecule has 0 unspecified atom stereocenters. The van der Waals surface area contributed by atoms with E-state index in [-0.39, 0.29) is 12.0 Å². The van der Waals surface area contributed by atoms with E-state index in [1.807, 2.05) is 24.3 Å². The predicted molar refractivity (Wildman–Crippen MR) is 91.2 cm³/mol. The number of hydrogen-bond acceptors (Lipinski definition) is 1. The van der Waals surface area contributed by atoms with Gasteiger partial charge in [0.2, 0.25) is 0 Å². The number of nitrogens with zero attached hydrogens (tertiary/aromatic N) is 1. The van der Waals surface area contributed by atoms with Crippen LogP contribution >= 0.6 is 0 Å². The molecule has 5 rings (SSSR count). The fourth-order valence-electron chi connectivity index (χ4n) is 4.15. The molecule has 1 aromatic heterocycles. The SMILES string of the molecule is O=CC1=Cc2ccc3n2[C@@H](c2ccccc2-3)[C@@H]1c1ccccc1. The van der Waals surface area contributed by atoms with Crippen LogP contribution in [0.2, 0.25) is 0 Å². The van der Waals surface area contributed by atoms with Gasteiger partial charge in [0, 0.05) is 28.4 Å². The molecule has 3 aromatic rings. The molecule has 2 heteroatoms. The molecule has 23 heavy (non-hydrogen) atoms. The molecule has 2 atom stereocenters. The van der Waals surface area contributed by atoms with Gasteiger partial charge in [0.25, 0.3) is 0 Å². The summed E-state index contributed by atoms with van der Waals surface area (Å²) in [6.45, 7) is 0. The Morgan fingerprint density at radius 1 is 0.870 bits per heavy atom. The van der Waals surface area contributed by atoms with E-state index >= 15 is 0 Å². The van der Waals surface area contributed by atoms with Crippen molar-refractivity contribution in [2.75, 3.05) is 0 Å². The molecule has 0 amide bonds. The molecule has 0 bridgehead atoms. The highest BCUT2D eigenvalue weighted by Crippen LogP contribution is 2.52. The van der Waals surface area contributed by atoms with E-state index in [4.69, 9.17) is 0 Å². The maximum absolute atomic E-state index is 11.8. The fraction of sp³-hybridized carbons (Fsp3) is 0.0952. The van der Waals surface area contributed by atoms with Crippen molar-refractivity contribution in [1.29, 1.82) is 0 Å². The van der Waals surface area contributed by atoms with Crippen molar-refractivity contribution < 1.29 is 4.79 Å². The summed E-state index contributed by atoms with van der Waals surface area (Å²) in [7, 11) is 0. The molecule has 110 valence electrons. The van der Waals surface area contributed by atoms with Gasteiger partial charge in [-0.1, -0.05) is 54.6 Å². The lowest BCUT2D eigenvalue weighted by Gasteiger charge is -2.31. The van der Waals surface area contributed by atoms with Gasteiger partial charge in [0.05, 0.1) is 6.04 Å². The lowest BCUT2D eigenvalue weighted by Crippen LogP contribution is -2.23. The second-order valence-electron chi connectivity index (χ2n) is 6.20. The van der Waals surface area contributed by atoms with Gasteiger partial charge in [0.1, 0.15) is 6.29 Å². The Bertz CT molecular complexity index is 949. The second-order valence-corrected chi connectivity index (χ2v) is 6.20. The van der Waals surface area contributed by atoms with Crippen LogP contribution in [0.3, 0.4) is 0 Å². The van der Waals surface area contributed by atoms with Crippen molar-refractivity contribution >= 4 is 12.4 Å². The minimum Gasteiger partial charge on any atom is -0.332 e. The van der Waals surface area contributed by atoms with Crippen LogP contribution in [-0.2, 0) is 4.79 Å². The summed E-state index contributed by atoms with van der Waals surface area (Å²) in [5, 5.41) is 0. The van der Waals surface area contributed by atoms with E-state index in [2.05, 4.69) is 53.1 Å². The number of rotatable bonds is 2. The maximum atomic E-state index is 11.8. The van der Waals surface area contributed by atoms with Crippen molar-refractivity contribution in [1.82, 2.24) is 4.57 Å². The summed E-state index contributed by atoms with van der Waals surface area (Å²) < 4.78 is 2.38. The number of hydrogen-bond donors (Lipinski definition) is 0. The first kappa shape index (κ1) is 12.7. The predicted octanol–water partition coefficient (Wildman–Crippen LogP) is 4.44. The molecule has 0 saturated heterocycles. The zero-order chi connectivity index (χ0) is 15.4. The molecule has 3 heterocycles. The van der Waals surface area contributed by atoms with Crippen LogP contribution in [0.5, 0.6) is 0 Å². The van der Waals surface area contributed by atoms with Crippen molar-refractivity contribution in [3.8, 4) is 11.3 Å². The monoisotopic (exact) mass is 297 g/mol. The van der Waals surface area contributed by atoms with Crippen LogP contribution < -0.4 is 0 Å². The Hall–Kier alpha value is -2.87. The second kappa shape index (κ2) is 4.56. The Kier molecular flexibility index (Phi) is 2.51. The number of carbonyl (C=O) groups excluding carboxylic acids is 1. The Labute approximate surface area is 134 Å². The van der Waals surface area contributed by atoms with Crippen LogP contribution in [0.1, 0.15) is 28.8 Å². The fourth-order valence-corrected chi connectivity index (χ4v) is 4.15. The van der Waals surface area contributed by atoms with Crippen molar-refractivity contribution in [2.24, 2.45) is 0 Å². The largest absolute Gasteiger partial charge is 0.332 e. The molecule has 0 aliphatic carbocycles. The molecular weight excluding hydrogens is 282 g/mol. The average Bonchev–Trinajstić information content (AvgIpc) is 3.18. The molecule has 2 aliphatic rings. The van der Waals surface area contributed by atoms with Crippen molar-refractivity contribution in [3.63, 3.8) is 0 Å². The normalized spacial score (nSPS) is 20.6. The number of aromatic nitrogens is 1. The molecule has 0 fully saturated rings. The summed E-state index contributed by atoms with van der Waals surface area (Å²) >= 11 is 0. The molecule has 0 saturated carbocycles. The van der Waals surface area contributed by atoms with Gasteiger partial charge in [-0.15, -0.1) is 0 Å². The molecule has 0 radical (unpaired) electrons. The van der Waals surface area contributed by atoms with Gasteiger partial charge in [-0.25, -0.2) is 0 Å². The molecule has 2 aromatic carbocycles.